The summed E-state index contributed by atoms with van der Waals surface area (Å²) in [6.07, 6.45) is 1.07. The molecule has 0 radical (unpaired) electrons. The van der Waals surface area contributed by atoms with Gasteiger partial charge in [-0.3, -0.25) is 4.79 Å². The summed E-state index contributed by atoms with van der Waals surface area (Å²) in [4.78, 5) is 13.1. The molecule has 98 valence electrons. The van der Waals surface area contributed by atoms with E-state index in [1.807, 2.05) is 31.2 Å². The van der Waals surface area contributed by atoms with Crippen molar-refractivity contribution in [3.63, 3.8) is 0 Å². The molecule has 0 fully saturated rings. The lowest BCUT2D eigenvalue weighted by atomic mass is 10.0. The fourth-order valence-corrected chi connectivity index (χ4v) is 4.16. The Morgan fingerprint density at radius 3 is 2.84 bits per heavy atom. The molecule has 1 unspecified atom stereocenters. The van der Waals surface area contributed by atoms with Gasteiger partial charge in [0.2, 0.25) is 5.78 Å². The summed E-state index contributed by atoms with van der Waals surface area (Å²) < 4.78 is 7.50. The lowest BCUT2D eigenvalue weighted by Crippen LogP contribution is -2.05. The molecular weight excluding hydrogens is 392 g/mol. The number of ether oxygens (including phenoxy) is 1. The van der Waals surface area contributed by atoms with E-state index in [9.17, 15) is 4.79 Å². The average molecular weight is 402 g/mol. The van der Waals surface area contributed by atoms with Gasteiger partial charge in [-0.1, -0.05) is 0 Å². The third kappa shape index (κ3) is 2.51. The molecule has 5 heteroatoms. The number of thiophene rings is 1. The SMILES string of the molecule is CC1Cc2cc(C(=O)c3cc(Br)c(Br)s3)ccc2O1. The van der Waals surface area contributed by atoms with Crippen LogP contribution in [0.15, 0.2) is 32.5 Å². The highest BCUT2D eigenvalue weighted by atomic mass is 79.9. The maximum absolute atomic E-state index is 12.4. The lowest BCUT2D eigenvalue weighted by Gasteiger charge is -2.03. The van der Waals surface area contributed by atoms with E-state index in [0.29, 0.717) is 0 Å². The van der Waals surface area contributed by atoms with Crippen LogP contribution in [0.5, 0.6) is 5.75 Å². The Hall–Kier alpha value is -0.650. The number of hydrogen-bond acceptors (Lipinski definition) is 3. The van der Waals surface area contributed by atoms with Gasteiger partial charge in [0, 0.05) is 16.5 Å². The van der Waals surface area contributed by atoms with Crippen LogP contribution in [0.4, 0.5) is 0 Å². The van der Waals surface area contributed by atoms with E-state index in [4.69, 9.17) is 4.74 Å². The average Bonchev–Trinajstić information content (AvgIpc) is 2.90. The van der Waals surface area contributed by atoms with E-state index in [0.717, 1.165) is 36.4 Å². The van der Waals surface area contributed by atoms with Crippen LogP contribution in [0.1, 0.15) is 27.7 Å². The zero-order valence-electron chi connectivity index (χ0n) is 10.1. The van der Waals surface area contributed by atoms with Crippen molar-refractivity contribution in [3.8, 4) is 5.75 Å². The van der Waals surface area contributed by atoms with E-state index < -0.39 is 0 Å². The topological polar surface area (TPSA) is 26.3 Å². The second-order valence-corrected chi connectivity index (χ2v) is 7.74. The summed E-state index contributed by atoms with van der Waals surface area (Å²) in [6.45, 7) is 2.04. The molecule has 1 aliphatic rings. The molecule has 1 aliphatic heterocycles. The molecular formula is C14H10Br2O2S. The van der Waals surface area contributed by atoms with Gasteiger partial charge in [0.15, 0.2) is 0 Å². The standard InChI is InChI=1S/C14H10Br2O2S/c1-7-4-9-5-8(2-3-11(9)18-7)13(17)12-6-10(15)14(16)19-12/h2-3,5-7H,4H2,1H3. The van der Waals surface area contributed by atoms with Crippen LogP contribution in [0.3, 0.4) is 0 Å². The van der Waals surface area contributed by atoms with Crippen molar-refractivity contribution in [2.75, 3.05) is 0 Å². The molecule has 19 heavy (non-hydrogen) atoms. The number of rotatable bonds is 2. The van der Waals surface area contributed by atoms with Gasteiger partial charge >= 0.3 is 0 Å². The molecule has 0 N–H and O–H groups in total. The fraction of sp³-hybridized carbons (Fsp3) is 0.214. The summed E-state index contributed by atoms with van der Waals surface area (Å²) in [7, 11) is 0. The minimum absolute atomic E-state index is 0.0544. The smallest absolute Gasteiger partial charge is 0.203 e. The summed E-state index contributed by atoms with van der Waals surface area (Å²) in [6, 6.07) is 7.52. The second kappa shape index (κ2) is 5.04. The zero-order valence-corrected chi connectivity index (χ0v) is 14.1. The first kappa shape index (κ1) is 13.3. The monoisotopic (exact) mass is 400 g/mol. The normalized spacial score (nSPS) is 17.1. The van der Waals surface area contributed by atoms with Gasteiger partial charge in [-0.25, -0.2) is 0 Å². The van der Waals surface area contributed by atoms with E-state index >= 15 is 0 Å². The first-order chi connectivity index (χ1) is 9.04. The minimum atomic E-state index is 0.0544. The van der Waals surface area contributed by atoms with Crippen molar-refractivity contribution >= 4 is 49.0 Å². The van der Waals surface area contributed by atoms with Gasteiger partial charge in [-0.15, -0.1) is 11.3 Å². The molecule has 2 nitrogen and oxygen atoms in total. The number of fused-ring (bicyclic) bond motifs is 1. The maximum atomic E-state index is 12.4. The number of carbonyl (C=O) groups excluding carboxylic acids is 1. The molecule has 2 heterocycles. The number of hydrogen-bond donors (Lipinski definition) is 0. The van der Waals surface area contributed by atoms with Gasteiger partial charge in [0.05, 0.1) is 8.66 Å². The van der Waals surface area contributed by atoms with Crippen LogP contribution in [0.2, 0.25) is 0 Å². The predicted octanol–water partition coefficient (Wildman–Crippen LogP) is 4.83. The Bertz CT molecular complexity index is 644. The predicted molar refractivity (Wildman–Crippen MR) is 83.4 cm³/mol. The molecule has 0 saturated carbocycles. The molecule has 0 saturated heterocycles. The van der Waals surface area contributed by atoms with Crippen LogP contribution in [0.25, 0.3) is 0 Å². The van der Waals surface area contributed by atoms with E-state index in [1.54, 1.807) is 0 Å². The van der Waals surface area contributed by atoms with Gasteiger partial charge < -0.3 is 4.74 Å². The largest absolute Gasteiger partial charge is 0.490 e. The highest BCUT2D eigenvalue weighted by Gasteiger charge is 2.21. The number of halogens is 2. The van der Waals surface area contributed by atoms with Crippen molar-refractivity contribution in [1.82, 2.24) is 0 Å². The van der Waals surface area contributed by atoms with Gasteiger partial charge in [-0.05, 0) is 68.6 Å². The Balaban J connectivity index is 1.95. The van der Waals surface area contributed by atoms with Crippen molar-refractivity contribution < 1.29 is 9.53 Å². The molecule has 0 amide bonds. The Morgan fingerprint density at radius 2 is 2.16 bits per heavy atom. The molecule has 1 atom stereocenters. The Kier molecular flexibility index (Phi) is 3.53. The van der Waals surface area contributed by atoms with E-state index in [2.05, 4.69) is 31.9 Å². The Morgan fingerprint density at radius 1 is 1.37 bits per heavy atom. The van der Waals surface area contributed by atoms with Crippen LogP contribution in [0, 0.1) is 0 Å². The molecule has 0 spiro atoms. The maximum Gasteiger partial charge on any atom is 0.203 e. The molecule has 1 aromatic heterocycles. The first-order valence-corrected chi connectivity index (χ1v) is 8.24. The summed E-state index contributed by atoms with van der Waals surface area (Å²) >= 11 is 8.26. The molecule has 2 aromatic rings. The van der Waals surface area contributed by atoms with Gasteiger partial charge in [0.25, 0.3) is 0 Å². The molecule has 1 aromatic carbocycles. The highest BCUT2D eigenvalue weighted by Crippen LogP contribution is 2.35. The van der Waals surface area contributed by atoms with Gasteiger partial charge in [0.1, 0.15) is 11.9 Å². The van der Waals surface area contributed by atoms with E-state index in [1.165, 1.54) is 11.3 Å². The van der Waals surface area contributed by atoms with Crippen molar-refractivity contribution in [2.24, 2.45) is 0 Å². The highest BCUT2D eigenvalue weighted by molar-refractivity contribution is 9.13. The van der Waals surface area contributed by atoms with Crippen LogP contribution in [-0.4, -0.2) is 11.9 Å². The van der Waals surface area contributed by atoms with Crippen LogP contribution >= 0.6 is 43.2 Å². The quantitative estimate of drug-likeness (QED) is 0.673. The first-order valence-electron chi connectivity index (χ1n) is 5.83. The summed E-state index contributed by atoms with van der Waals surface area (Å²) in [5.41, 5.74) is 1.84. The second-order valence-electron chi connectivity index (χ2n) is 4.52. The van der Waals surface area contributed by atoms with Crippen LogP contribution in [-0.2, 0) is 6.42 Å². The molecule has 0 aliphatic carbocycles. The molecule has 3 rings (SSSR count). The van der Waals surface area contributed by atoms with Gasteiger partial charge in [-0.2, -0.15) is 0 Å². The fourth-order valence-electron chi connectivity index (χ4n) is 2.16. The van der Waals surface area contributed by atoms with Crippen molar-refractivity contribution in [1.29, 1.82) is 0 Å². The minimum Gasteiger partial charge on any atom is -0.490 e. The zero-order chi connectivity index (χ0) is 13.6. The van der Waals surface area contributed by atoms with Crippen molar-refractivity contribution in [3.05, 3.63) is 48.5 Å². The summed E-state index contributed by atoms with van der Waals surface area (Å²) in [5.74, 6) is 0.955. The summed E-state index contributed by atoms with van der Waals surface area (Å²) in [5, 5.41) is 0. The van der Waals surface area contributed by atoms with Crippen LogP contribution < -0.4 is 4.74 Å². The third-order valence-electron chi connectivity index (χ3n) is 3.03. The van der Waals surface area contributed by atoms with Crippen molar-refractivity contribution in [2.45, 2.75) is 19.4 Å². The number of carbonyl (C=O) groups is 1. The third-order valence-corrected chi connectivity index (χ3v) is 6.28. The number of benzene rings is 1. The van der Waals surface area contributed by atoms with E-state index in [-0.39, 0.29) is 11.9 Å². The lowest BCUT2D eigenvalue weighted by molar-refractivity contribution is 0.104. The number of ketones is 1. The Labute approximate surface area is 132 Å². The molecule has 0 bridgehead atoms.